The van der Waals surface area contributed by atoms with Crippen LogP contribution in [0.2, 0.25) is 0 Å². The Morgan fingerprint density at radius 2 is 2.23 bits per heavy atom. The number of nitrogens with zero attached hydrogens (tertiary/aromatic N) is 1. The molecule has 1 fully saturated rings. The molecule has 0 bridgehead atoms. The van der Waals surface area contributed by atoms with Crippen LogP contribution in [-0.2, 0) is 11.3 Å². The van der Waals surface area contributed by atoms with Crippen LogP contribution in [0, 0.1) is 17.6 Å². The maximum Gasteiger partial charge on any atom is 0.224 e. The number of carbonyl (C=O) groups is 1. The van der Waals surface area contributed by atoms with Crippen molar-refractivity contribution in [1.82, 2.24) is 10.2 Å². The molecule has 0 aliphatic carbocycles. The molecular weight excluding hydrogens is 356 g/mol. The minimum atomic E-state index is -0.574. The van der Waals surface area contributed by atoms with Crippen molar-refractivity contribution in [3.63, 3.8) is 0 Å². The molecule has 1 amide bonds. The maximum atomic E-state index is 14.0. The van der Waals surface area contributed by atoms with Gasteiger partial charge in [0.05, 0.1) is 10.4 Å². The summed E-state index contributed by atoms with van der Waals surface area (Å²) in [5.41, 5.74) is 5.41. The van der Waals surface area contributed by atoms with E-state index in [0.29, 0.717) is 19.6 Å². The number of likely N-dealkylation sites (tertiary alicyclic amines) is 1. The second kappa shape index (κ2) is 7.99. The molecule has 7 heteroatoms. The number of benzene rings is 1. The average Bonchev–Trinajstić information content (AvgIpc) is 2.53. The predicted octanol–water partition coefficient (Wildman–Crippen LogP) is 2.01. The van der Waals surface area contributed by atoms with Crippen LogP contribution in [0.1, 0.15) is 18.4 Å². The zero-order valence-electron chi connectivity index (χ0n) is 12.2. The monoisotopic (exact) mass is 375 g/mol. The number of hydrogen-bond acceptors (Lipinski definition) is 3. The first-order chi connectivity index (χ1) is 10.5. The fourth-order valence-electron chi connectivity index (χ4n) is 2.69. The quantitative estimate of drug-likeness (QED) is 0.774. The van der Waals surface area contributed by atoms with Crippen LogP contribution in [0.25, 0.3) is 0 Å². The normalized spacial score (nSPS) is 19.2. The molecule has 4 nitrogen and oxygen atoms in total. The van der Waals surface area contributed by atoms with Gasteiger partial charge in [-0.25, -0.2) is 8.78 Å². The second-order valence-electron chi connectivity index (χ2n) is 5.48. The predicted molar refractivity (Wildman–Crippen MR) is 84.1 cm³/mol. The summed E-state index contributed by atoms with van der Waals surface area (Å²) in [6.45, 7) is 2.24. The highest BCUT2D eigenvalue weighted by Gasteiger charge is 2.27. The van der Waals surface area contributed by atoms with E-state index in [9.17, 15) is 13.6 Å². The van der Waals surface area contributed by atoms with E-state index >= 15 is 0 Å². The van der Waals surface area contributed by atoms with Gasteiger partial charge in [0.2, 0.25) is 5.91 Å². The van der Waals surface area contributed by atoms with Gasteiger partial charge < -0.3 is 11.1 Å². The molecule has 3 N–H and O–H groups in total. The minimum Gasteiger partial charge on any atom is -0.355 e. The molecule has 2 rings (SSSR count). The Bertz CT molecular complexity index is 542. The van der Waals surface area contributed by atoms with E-state index in [-0.39, 0.29) is 28.4 Å². The maximum absolute atomic E-state index is 14.0. The highest BCUT2D eigenvalue weighted by molar-refractivity contribution is 9.10. The molecule has 1 heterocycles. The number of hydrogen-bond donors (Lipinski definition) is 2. The Hall–Kier alpha value is -1.05. The second-order valence-corrected chi connectivity index (χ2v) is 6.33. The SMILES string of the molecule is NCCNC(=O)C1CCCN(Cc2c(F)ccc(Br)c2F)C1. The third kappa shape index (κ3) is 4.24. The van der Waals surface area contributed by atoms with Gasteiger partial charge in [0.25, 0.3) is 0 Å². The number of nitrogens with two attached hydrogens (primary N) is 1. The smallest absolute Gasteiger partial charge is 0.224 e. The highest BCUT2D eigenvalue weighted by Crippen LogP contribution is 2.25. The van der Waals surface area contributed by atoms with Crippen LogP contribution >= 0.6 is 15.9 Å². The first-order valence-electron chi connectivity index (χ1n) is 7.35. The molecular formula is C15H20BrF2N3O. The van der Waals surface area contributed by atoms with Crippen molar-refractivity contribution in [3.05, 3.63) is 33.8 Å². The summed E-state index contributed by atoms with van der Waals surface area (Å²) in [6.07, 6.45) is 1.62. The summed E-state index contributed by atoms with van der Waals surface area (Å²) >= 11 is 3.07. The van der Waals surface area contributed by atoms with Gasteiger partial charge in [-0.15, -0.1) is 0 Å². The summed E-state index contributed by atoms with van der Waals surface area (Å²) < 4.78 is 28.1. The summed E-state index contributed by atoms with van der Waals surface area (Å²) in [4.78, 5) is 13.9. The first-order valence-corrected chi connectivity index (χ1v) is 8.14. The van der Waals surface area contributed by atoms with Crippen molar-refractivity contribution < 1.29 is 13.6 Å². The Labute approximate surface area is 137 Å². The van der Waals surface area contributed by atoms with Crippen molar-refractivity contribution >= 4 is 21.8 Å². The summed E-state index contributed by atoms with van der Waals surface area (Å²) in [7, 11) is 0. The van der Waals surface area contributed by atoms with Crippen molar-refractivity contribution in [3.8, 4) is 0 Å². The molecule has 1 aliphatic heterocycles. The van der Waals surface area contributed by atoms with E-state index in [1.54, 1.807) is 0 Å². The largest absolute Gasteiger partial charge is 0.355 e. The zero-order valence-corrected chi connectivity index (χ0v) is 13.8. The van der Waals surface area contributed by atoms with Gasteiger partial charge in [0.1, 0.15) is 11.6 Å². The molecule has 0 aromatic heterocycles. The Kier molecular flexibility index (Phi) is 6.28. The van der Waals surface area contributed by atoms with E-state index in [2.05, 4.69) is 21.2 Å². The molecule has 22 heavy (non-hydrogen) atoms. The molecule has 1 aromatic carbocycles. The number of rotatable bonds is 5. The first kappa shape index (κ1) is 17.3. The topological polar surface area (TPSA) is 58.4 Å². The van der Waals surface area contributed by atoms with E-state index in [0.717, 1.165) is 19.4 Å². The third-order valence-corrected chi connectivity index (χ3v) is 4.45. The number of carbonyl (C=O) groups excluding carboxylic acids is 1. The lowest BCUT2D eigenvalue weighted by molar-refractivity contribution is -0.126. The van der Waals surface area contributed by atoms with Gasteiger partial charge >= 0.3 is 0 Å². The van der Waals surface area contributed by atoms with E-state index < -0.39 is 11.6 Å². The van der Waals surface area contributed by atoms with Crippen LogP contribution in [0.15, 0.2) is 16.6 Å². The molecule has 1 atom stereocenters. The Morgan fingerprint density at radius 1 is 1.45 bits per heavy atom. The van der Waals surface area contributed by atoms with Gasteiger partial charge in [-0.05, 0) is 47.4 Å². The molecule has 0 saturated carbocycles. The van der Waals surface area contributed by atoms with Gasteiger partial charge in [-0.1, -0.05) is 0 Å². The minimum absolute atomic E-state index is 0.0367. The average molecular weight is 376 g/mol. The van der Waals surface area contributed by atoms with Crippen LogP contribution in [0.5, 0.6) is 0 Å². The van der Waals surface area contributed by atoms with Crippen molar-refractivity contribution in [1.29, 1.82) is 0 Å². The Balaban J connectivity index is 2.02. The lowest BCUT2D eigenvalue weighted by Crippen LogP contribution is -2.43. The van der Waals surface area contributed by atoms with Gasteiger partial charge in [0.15, 0.2) is 0 Å². The fourth-order valence-corrected chi connectivity index (χ4v) is 3.06. The molecule has 1 aromatic rings. The van der Waals surface area contributed by atoms with Gasteiger partial charge in [0, 0.05) is 31.7 Å². The van der Waals surface area contributed by atoms with Crippen molar-refractivity contribution in [2.75, 3.05) is 26.2 Å². The molecule has 0 radical (unpaired) electrons. The highest BCUT2D eigenvalue weighted by atomic mass is 79.9. The number of halogens is 3. The summed E-state index contributed by atoms with van der Waals surface area (Å²) in [5, 5.41) is 2.77. The zero-order chi connectivity index (χ0) is 16.1. The molecule has 1 aliphatic rings. The van der Waals surface area contributed by atoms with E-state index in [1.165, 1.54) is 12.1 Å². The van der Waals surface area contributed by atoms with Crippen LogP contribution in [0.3, 0.4) is 0 Å². The van der Waals surface area contributed by atoms with E-state index in [4.69, 9.17) is 5.73 Å². The molecule has 0 spiro atoms. The lowest BCUT2D eigenvalue weighted by atomic mass is 9.96. The third-order valence-electron chi connectivity index (χ3n) is 3.84. The lowest BCUT2D eigenvalue weighted by Gasteiger charge is -2.32. The van der Waals surface area contributed by atoms with Gasteiger partial charge in [-0.2, -0.15) is 0 Å². The number of piperidine rings is 1. The fraction of sp³-hybridized carbons (Fsp3) is 0.533. The molecule has 1 unspecified atom stereocenters. The number of amides is 1. The summed E-state index contributed by atoms with van der Waals surface area (Å²) in [5.74, 6) is -1.32. The van der Waals surface area contributed by atoms with Crippen molar-refractivity contribution in [2.24, 2.45) is 11.7 Å². The van der Waals surface area contributed by atoms with Crippen LogP contribution in [-0.4, -0.2) is 37.0 Å². The van der Waals surface area contributed by atoms with Crippen LogP contribution in [0.4, 0.5) is 8.78 Å². The number of nitrogens with one attached hydrogen (secondary N) is 1. The molecule has 1 saturated heterocycles. The van der Waals surface area contributed by atoms with Gasteiger partial charge in [-0.3, -0.25) is 9.69 Å². The summed E-state index contributed by atoms with van der Waals surface area (Å²) in [6, 6.07) is 2.60. The van der Waals surface area contributed by atoms with Crippen LogP contribution < -0.4 is 11.1 Å². The standard InChI is InChI=1S/C15H20BrF2N3O/c16-12-3-4-13(17)11(14(12)18)9-21-7-1-2-10(8-21)15(22)20-6-5-19/h3-4,10H,1-2,5-9,19H2,(H,20,22). The molecule has 122 valence electrons. The van der Waals surface area contributed by atoms with Crippen molar-refractivity contribution in [2.45, 2.75) is 19.4 Å². The van der Waals surface area contributed by atoms with E-state index in [1.807, 2.05) is 4.90 Å². The Morgan fingerprint density at radius 3 is 2.95 bits per heavy atom.